The van der Waals surface area contributed by atoms with Crippen LogP contribution in [-0.4, -0.2) is 6.29 Å². The second-order valence-electron chi connectivity index (χ2n) is 6.95. The van der Waals surface area contributed by atoms with Crippen LogP contribution in [0.15, 0.2) is 60.7 Å². The van der Waals surface area contributed by atoms with E-state index in [0.717, 1.165) is 23.5 Å². The fourth-order valence-electron chi connectivity index (χ4n) is 3.30. The predicted molar refractivity (Wildman–Crippen MR) is 105 cm³/mol. The molecule has 1 aliphatic carbocycles. The van der Waals surface area contributed by atoms with Crippen molar-refractivity contribution in [1.82, 2.24) is 0 Å². The summed E-state index contributed by atoms with van der Waals surface area (Å²) in [4.78, 5) is 0. The van der Waals surface area contributed by atoms with Gasteiger partial charge in [-0.15, -0.1) is 0 Å². The van der Waals surface area contributed by atoms with Crippen LogP contribution in [-0.2, 0) is 22.7 Å². The molecule has 0 aromatic heterocycles. The number of rotatable bonds is 7. The summed E-state index contributed by atoms with van der Waals surface area (Å²) in [6.07, 6.45) is 7.19. The smallest absolute Gasteiger partial charge is 0.223 e. The molecule has 26 heavy (non-hydrogen) atoms. The van der Waals surface area contributed by atoms with Crippen molar-refractivity contribution in [2.45, 2.75) is 58.0 Å². The molecule has 0 heterocycles. The minimum absolute atomic E-state index is 0.487. The predicted octanol–water partition coefficient (Wildman–Crippen LogP) is 5.72. The molecule has 0 unspecified atom stereocenters. The maximum absolute atomic E-state index is 5.94. The van der Waals surface area contributed by atoms with Crippen molar-refractivity contribution < 1.29 is 9.47 Å². The van der Waals surface area contributed by atoms with Crippen LogP contribution in [0, 0.1) is 17.8 Å². The highest BCUT2D eigenvalue weighted by Gasteiger charge is 2.12. The lowest BCUT2D eigenvalue weighted by atomic mass is 9.87. The van der Waals surface area contributed by atoms with Crippen molar-refractivity contribution in [3.63, 3.8) is 0 Å². The molecule has 3 rings (SSSR count). The molecule has 2 heteroatoms. The lowest BCUT2D eigenvalue weighted by Crippen LogP contribution is -2.15. The summed E-state index contributed by atoms with van der Waals surface area (Å²) >= 11 is 0. The van der Waals surface area contributed by atoms with Crippen LogP contribution in [0.2, 0.25) is 0 Å². The van der Waals surface area contributed by atoms with Gasteiger partial charge < -0.3 is 9.47 Å². The quantitative estimate of drug-likeness (QED) is 0.470. The molecule has 136 valence electrons. The van der Waals surface area contributed by atoms with Crippen LogP contribution < -0.4 is 0 Å². The number of hydrogen-bond acceptors (Lipinski definition) is 2. The summed E-state index contributed by atoms with van der Waals surface area (Å²) in [6.45, 7) is 1.02. The first-order valence-corrected chi connectivity index (χ1v) is 9.69. The summed E-state index contributed by atoms with van der Waals surface area (Å²) in [5, 5.41) is 0. The van der Waals surface area contributed by atoms with Gasteiger partial charge in [0.05, 0.1) is 13.2 Å². The van der Waals surface area contributed by atoms with Gasteiger partial charge >= 0.3 is 0 Å². The Morgan fingerprint density at radius 2 is 1.31 bits per heavy atom. The Morgan fingerprint density at radius 3 is 1.85 bits per heavy atom. The molecule has 0 amide bonds. The third-order valence-corrected chi connectivity index (χ3v) is 4.82. The number of benzene rings is 2. The van der Waals surface area contributed by atoms with E-state index in [1.54, 1.807) is 0 Å². The van der Waals surface area contributed by atoms with Crippen LogP contribution in [0.5, 0.6) is 0 Å². The van der Waals surface area contributed by atoms with E-state index in [0.29, 0.717) is 13.2 Å². The van der Waals surface area contributed by atoms with Gasteiger partial charge in [-0.05, 0) is 35.8 Å². The highest BCUT2D eigenvalue weighted by molar-refractivity contribution is 5.15. The Hall–Kier alpha value is -2.08. The average Bonchev–Trinajstić information content (AvgIpc) is 2.72. The van der Waals surface area contributed by atoms with Crippen molar-refractivity contribution in [1.29, 1.82) is 0 Å². The van der Waals surface area contributed by atoms with Crippen LogP contribution >= 0.6 is 0 Å². The molecule has 1 saturated carbocycles. The Kier molecular flexibility index (Phi) is 7.78. The van der Waals surface area contributed by atoms with Crippen molar-refractivity contribution >= 4 is 0 Å². The standard InChI is InChI=1S/C24H28O2/c1-4-11-21(12-5-1)17-10-18-24(25-19-22-13-6-2-7-14-22)26-20-23-15-8-3-9-16-23/h2-3,6-9,13-16,21,24H,1,4-5,11-12,17,19-20H2. The summed E-state index contributed by atoms with van der Waals surface area (Å²) < 4.78 is 11.9. The SMILES string of the molecule is C(#CC(OCc1ccccc1)OCc1ccccc1)CC1CCCCC1. The zero-order valence-corrected chi connectivity index (χ0v) is 15.4. The average molecular weight is 348 g/mol. The Morgan fingerprint density at radius 1 is 0.769 bits per heavy atom. The molecule has 0 N–H and O–H groups in total. The summed E-state index contributed by atoms with van der Waals surface area (Å²) in [5.74, 6) is 7.29. The second-order valence-corrected chi connectivity index (χ2v) is 6.95. The van der Waals surface area contributed by atoms with E-state index in [1.165, 1.54) is 32.1 Å². The molecule has 2 aromatic rings. The molecule has 0 spiro atoms. The highest BCUT2D eigenvalue weighted by atomic mass is 16.7. The fraction of sp³-hybridized carbons (Fsp3) is 0.417. The van der Waals surface area contributed by atoms with E-state index < -0.39 is 6.29 Å². The molecule has 2 nitrogen and oxygen atoms in total. The minimum Gasteiger partial charge on any atom is -0.337 e. The summed E-state index contributed by atoms with van der Waals surface area (Å²) in [7, 11) is 0. The van der Waals surface area contributed by atoms with Gasteiger partial charge in [-0.3, -0.25) is 0 Å². The van der Waals surface area contributed by atoms with Crippen LogP contribution in [0.25, 0.3) is 0 Å². The van der Waals surface area contributed by atoms with Crippen molar-refractivity contribution in [3.8, 4) is 11.8 Å². The van der Waals surface area contributed by atoms with Crippen LogP contribution in [0.1, 0.15) is 49.7 Å². The van der Waals surface area contributed by atoms with Crippen molar-refractivity contribution in [3.05, 3.63) is 71.8 Å². The normalized spacial score (nSPS) is 14.8. The molecule has 1 aliphatic rings. The van der Waals surface area contributed by atoms with Gasteiger partial charge in [-0.25, -0.2) is 0 Å². The highest BCUT2D eigenvalue weighted by Crippen LogP contribution is 2.25. The molecule has 0 saturated heterocycles. The topological polar surface area (TPSA) is 18.5 Å². The maximum atomic E-state index is 5.94. The monoisotopic (exact) mass is 348 g/mol. The van der Waals surface area contributed by atoms with E-state index in [9.17, 15) is 0 Å². The van der Waals surface area contributed by atoms with E-state index in [2.05, 4.69) is 36.1 Å². The van der Waals surface area contributed by atoms with E-state index in [4.69, 9.17) is 9.47 Å². The second kappa shape index (κ2) is 10.8. The van der Waals surface area contributed by atoms with Gasteiger partial charge in [-0.1, -0.05) is 85.8 Å². The zero-order chi connectivity index (χ0) is 17.9. The first-order chi connectivity index (χ1) is 12.9. The van der Waals surface area contributed by atoms with Crippen LogP contribution in [0.4, 0.5) is 0 Å². The van der Waals surface area contributed by atoms with Crippen molar-refractivity contribution in [2.75, 3.05) is 0 Å². The Bertz CT molecular complexity index is 635. The van der Waals surface area contributed by atoms with Gasteiger partial charge in [0.25, 0.3) is 0 Å². The third-order valence-electron chi connectivity index (χ3n) is 4.82. The first kappa shape index (κ1) is 18.7. The van der Waals surface area contributed by atoms with E-state index >= 15 is 0 Å². The number of hydrogen-bond donors (Lipinski definition) is 0. The van der Waals surface area contributed by atoms with Gasteiger partial charge in [0.2, 0.25) is 6.29 Å². The lowest BCUT2D eigenvalue weighted by molar-refractivity contribution is -0.120. The molecule has 2 aromatic carbocycles. The van der Waals surface area contributed by atoms with E-state index in [-0.39, 0.29) is 0 Å². The Balaban J connectivity index is 1.54. The fourth-order valence-corrected chi connectivity index (χ4v) is 3.30. The lowest BCUT2D eigenvalue weighted by Gasteiger charge is -2.19. The first-order valence-electron chi connectivity index (χ1n) is 9.69. The summed E-state index contributed by atoms with van der Waals surface area (Å²) in [5.41, 5.74) is 2.27. The molecule has 0 aliphatic heterocycles. The Labute approximate surface area is 157 Å². The third kappa shape index (κ3) is 6.67. The van der Waals surface area contributed by atoms with Gasteiger partial charge in [0.15, 0.2) is 0 Å². The molecular formula is C24H28O2. The zero-order valence-electron chi connectivity index (χ0n) is 15.4. The van der Waals surface area contributed by atoms with Gasteiger partial charge in [0.1, 0.15) is 0 Å². The minimum atomic E-state index is -0.487. The van der Waals surface area contributed by atoms with Gasteiger partial charge in [-0.2, -0.15) is 0 Å². The molecule has 0 radical (unpaired) electrons. The van der Waals surface area contributed by atoms with Gasteiger partial charge in [0, 0.05) is 6.42 Å². The molecule has 1 fully saturated rings. The molecule has 0 bridgehead atoms. The van der Waals surface area contributed by atoms with Crippen molar-refractivity contribution in [2.24, 2.45) is 5.92 Å². The number of ether oxygens (including phenoxy) is 2. The largest absolute Gasteiger partial charge is 0.337 e. The van der Waals surface area contributed by atoms with E-state index in [1.807, 2.05) is 36.4 Å². The molecule has 0 atom stereocenters. The molecular weight excluding hydrogens is 320 g/mol. The maximum Gasteiger partial charge on any atom is 0.223 e. The summed E-state index contributed by atoms with van der Waals surface area (Å²) in [6, 6.07) is 20.3. The van der Waals surface area contributed by atoms with Crippen LogP contribution in [0.3, 0.4) is 0 Å².